The van der Waals surface area contributed by atoms with Crippen molar-refractivity contribution in [1.29, 1.82) is 0 Å². The molecule has 1 saturated heterocycles. The van der Waals surface area contributed by atoms with Gasteiger partial charge in [0.15, 0.2) is 0 Å². The molecule has 1 aliphatic heterocycles. The molecule has 0 aromatic carbocycles. The SMILES string of the molecule is CC(C)[P@@](=O)(O)CN1CCN(CC(=O)O)CCN(CC(=O)O)CC1. The lowest BCUT2D eigenvalue weighted by Crippen LogP contribution is -2.40. The second kappa shape index (κ2) is 9.48. The summed E-state index contributed by atoms with van der Waals surface area (Å²) in [7, 11) is -3.32. The van der Waals surface area contributed by atoms with Gasteiger partial charge in [-0.15, -0.1) is 0 Å². The maximum absolute atomic E-state index is 12.3. The van der Waals surface area contributed by atoms with E-state index >= 15 is 0 Å². The zero-order valence-corrected chi connectivity index (χ0v) is 15.2. The van der Waals surface area contributed by atoms with Gasteiger partial charge in [-0.1, -0.05) is 13.8 Å². The molecule has 0 aromatic heterocycles. The van der Waals surface area contributed by atoms with Gasteiger partial charge in [-0.05, 0) is 0 Å². The monoisotopic (exact) mass is 365 g/mol. The van der Waals surface area contributed by atoms with Crippen LogP contribution in [0.3, 0.4) is 0 Å². The summed E-state index contributed by atoms with van der Waals surface area (Å²) in [5, 5.41) is 18.0. The number of carboxylic acid groups (broad SMARTS) is 2. The summed E-state index contributed by atoms with van der Waals surface area (Å²) in [6.07, 6.45) is 0.0342. The van der Waals surface area contributed by atoms with Gasteiger partial charge in [0.25, 0.3) is 0 Å². The highest BCUT2D eigenvalue weighted by molar-refractivity contribution is 7.58. The van der Waals surface area contributed by atoms with Crippen molar-refractivity contribution in [3.63, 3.8) is 0 Å². The van der Waals surface area contributed by atoms with Gasteiger partial charge >= 0.3 is 11.9 Å². The van der Waals surface area contributed by atoms with Crippen LogP contribution in [0.4, 0.5) is 0 Å². The molecule has 0 aromatic rings. The van der Waals surface area contributed by atoms with Gasteiger partial charge in [0, 0.05) is 44.9 Å². The van der Waals surface area contributed by atoms with E-state index < -0.39 is 19.3 Å². The third kappa shape index (κ3) is 7.72. The lowest BCUT2D eigenvalue weighted by molar-refractivity contribution is -0.140. The first-order valence-corrected chi connectivity index (χ1v) is 9.93. The molecule has 24 heavy (non-hydrogen) atoms. The van der Waals surface area contributed by atoms with Crippen LogP contribution in [0.5, 0.6) is 0 Å². The van der Waals surface area contributed by atoms with Gasteiger partial charge in [-0.25, -0.2) is 0 Å². The van der Waals surface area contributed by atoms with Crippen molar-refractivity contribution in [2.75, 3.05) is 58.6 Å². The van der Waals surface area contributed by atoms with Crippen molar-refractivity contribution in [1.82, 2.24) is 14.7 Å². The number of rotatable bonds is 7. The van der Waals surface area contributed by atoms with Gasteiger partial charge in [0.05, 0.1) is 19.4 Å². The highest BCUT2D eigenvalue weighted by Crippen LogP contribution is 2.46. The highest BCUT2D eigenvalue weighted by atomic mass is 31.2. The minimum Gasteiger partial charge on any atom is -0.480 e. The van der Waals surface area contributed by atoms with Gasteiger partial charge in [0.1, 0.15) is 0 Å². The molecule has 0 bridgehead atoms. The van der Waals surface area contributed by atoms with Gasteiger partial charge in [0.2, 0.25) is 7.37 Å². The van der Waals surface area contributed by atoms with Crippen LogP contribution < -0.4 is 0 Å². The predicted molar refractivity (Wildman–Crippen MR) is 89.6 cm³/mol. The average Bonchev–Trinajstić information content (AvgIpc) is 2.51. The third-order valence-electron chi connectivity index (χ3n) is 4.12. The lowest BCUT2D eigenvalue weighted by atomic mass is 10.4. The van der Waals surface area contributed by atoms with E-state index in [1.807, 2.05) is 4.90 Å². The van der Waals surface area contributed by atoms with E-state index in [1.165, 1.54) is 0 Å². The Morgan fingerprint density at radius 2 is 1.21 bits per heavy atom. The summed E-state index contributed by atoms with van der Waals surface area (Å²) in [5.74, 6) is -1.89. The van der Waals surface area contributed by atoms with Gasteiger partial charge < -0.3 is 15.1 Å². The molecule has 1 fully saturated rings. The number of aliphatic carboxylic acids is 2. The molecule has 9 nitrogen and oxygen atoms in total. The normalized spacial score (nSPS) is 21.7. The molecule has 140 valence electrons. The Balaban J connectivity index is 2.80. The standard InChI is InChI=1S/C14H28N3O6P/c1-12(2)24(22,23)11-17-7-5-15(9-13(18)19)3-4-16(6-8-17)10-14(20)21/h12H,3-11H2,1-2H3,(H,18,19)(H,20,21)(H,22,23). The summed E-state index contributed by atoms with van der Waals surface area (Å²) in [5.41, 5.74) is -0.352. The Morgan fingerprint density at radius 1 is 0.875 bits per heavy atom. The van der Waals surface area contributed by atoms with Crippen LogP contribution in [0.1, 0.15) is 13.8 Å². The topological polar surface area (TPSA) is 122 Å². The molecule has 1 rings (SSSR count). The molecule has 0 amide bonds. The molecule has 3 N–H and O–H groups in total. The quantitative estimate of drug-likeness (QED) is 0.523. The van der Waals surface area contributed by atoms with E-state index in [4.69, 9.17) is 10.2 Å². The second-order valence-electron chi connectivity index (χ2n) is 6.45. The third-order valence-corrected chi connectivity index (χ3v) is 6.54. The fourth-order valence-corrected chi connectivity index (χ4v) is 3.66. The molecule has 0 aliphatic carbocycles. The van der Waals surface area contributed by atoms with E-state index in [-0.39, 0.29) is 25.0 Å². The van der Waals surface area contributed by atoms with Crippen LogP contribution in [0.15, 0.2) is 0 Å². The van der Waals surface area contributed by atoms with Crippen molar-refractivity contribution < 1.29 is 29.3 Å². The molecular weight excluding hydrogens is 337 g/mol. The molecule has 10 heteroatoms. The van der Waals surface area contributed by atoms with E-state index in [1.54, 1.807) is 23.6 Å². The summed E-state index contributed by atoms with van der Waals surface area (Å²) in [6.45, 7) is 5.93. The van der Waals surface area contributed by atoms with Crippen molar-refractivity contribution >= 4 is 19.3 Å². The smallest absolute Gasteiger partial charge is 0.317 e. The van der Waals surface area contributed by atoms with Crippen LogP contribution in [0.2, 0.25) is 0 Å². The number of carbonyl (C=O) groups is 2. The number of hydrogen-bond donors (Lipinski definition) is 3. The maximum atomic E-state index is 12.3. The van der Waals surface area contributed by atoms with Crippen molar-refractivity contribution in [2.24, 2.45) is 0 Å². The molecule has 0 unspecified atom stereocenters. The Morgan fingerprint density at radius 3 is 1.50 bits per heavy atom. The van der Waals surface area contributed by atoms with Crippen molar-refractivity contribution in [3.8, 4) is 0 Å². The van der Waals surface area contributed by atoms with Crippen molar-refractivity contribution in [3.05, 3.63) is 0 Å². The molecule has 0 saturated carbocycles. The number of carboxylic acids is 2. The van der Waals surface area contributed by atoms with E-state index in [2.05, 4.69) is 0 Å². The van der Waals surface area contributed by atoms with E-state index in [0.29, 0.717) is 39.3 Å². The Bertz CT molecular complexity index is 459. The number of nitrogens with zero attached hydrogens (tertiary/aromatic N) is 3. The number of hydrogen-bond acceptors (Lipinski definition) is 6. The highest BCUT2D eigenvalue weighted by Gasteiger charge is 2.28. The van der Waals surface area contributed by atoms with E-state index in [9.17, 15) is 19.0 Å². The fourth-order valence-electron chi connectivity index (χ4n) is 2.47. The molecule has 1 atom stereocenters. The van der Waals surface area contributed by atoms with Crippen molar-refractivity contribution in [2.45, 2.75) is 19.5 Å². The first-order valence-electron chi connectivity index (χ1n) is 8.02. The van der Waals surface area contributed by atoms with Gasteiger partial charge in [-0.3, -0.25) is 28.9 Å². The zero-order chi connectivity index (χ0) is 18.3. The molecule has 1 aliphatic rings. The summed E-state index contributed by atoms with van der Waals surface area (Å²) in [6, 6.07) is 0. The first-order chi connectivity index (χ1) is 11.1. The second-order valence-corrected chi connectivity index (χ2v) is 9.28. The molecule has 0 spiro atoms. The van der Waals surface area contributed by atoms with Crippen LogP contribution >= 0.6 is 7.37 Å². The largest absolute Gasteiger partial charge is 0.480 e. The Labute approximate surface area is 142 Å². The van der Waals surface area contributed by atoms with Crippen LogP contribution in [-0.4, -0.2) is 106 Å². The minimum atomic E-state index is -3.32. The maximum Gasteiger partial charge on any atom is 0.317 e. The van der Waals surface area contributed by atoms with Gasteiger partial charge in [-0.2, -0.15) is 0 Å². The van der Waals surface area contributed by atoms with E-state index in [0.717, 1.165) is 0 Å². The minimum absolute atomic E-state index is 0.0342. The molecule has 1 heterocycles. The first kappa shape index (κ1) is 21.1. The van der Waals surface area contributed by atoms with Crippen LogP contribution in [0.25, 0.3) is 0 Å². The lowest BCUT2D eigenvalue weighted by Gasteiger charge is -2.28. The zero-order valence-electron chi connectivity index (χ0n) is 14.3. The van der Waals surface area contributed by atoms with Crippen LogP contribution in [-0.2, 0) is 14.2 Å². The average molecular weight is 365 g/mol. The Kier molecular flexibility index (Phi) is 8.32. The summed E-state index contributed by atoms with van der Waals surface area (Å²) < 4.78 is 12.3. The fraction of sp³-hybridized carbons (Fsp3) is 0.857. The summed E-state index contributed by atoms with van der Waals surface area (Å²) in [4.78, 5) is 37.3. The Hall–Kier alpha value is -0.990. The molecular formula is C14H28N3O6P. The predicted octanol–water partition coefficient (Wildman–Crippen LogP) is -0.288. The summed E-state index contributed by atoms with van der Waals surface area (Å²) >= 11 is 0. The van der Waals surface area contributed by atoms with Crippen LogP contribution in [0, 0.1) is 0 Å². The molecule has 0 radical (unpaired) electrons.